The van der Waals surface area contributed by atoms with E-state index in [4.69, 9.17) is 10.00 Å². The minimum absolute atomic E-state index is 0.429. The summed E-state index contributed by atoms with van der Waals surface area (Å²) in [6, 6.07) is 16.5. The summed E-state index contributed by atoms with van der Waals surface area (Å²) < 4.78 is 5.62. The lowest BCUT2D eigenvalue weighted by molar-refractivity contribution is 0.482. The van der Waals surface area contributed by atoms with Gasteiger partial charge in [-0.3, -0.25) is 0 Å². The fraction of sp³-hybridized carbons (Fsp3) is 0.0714. The fourth-order valence-corrected chi connectivity index (χ4v) is 1.68. The van der Waals surface area contributed by atoms with Gasteiger partial charge in [-0.1, -0.05) is 31.1 Å². The maximum Gasteiger partial charge on any atom is 0.321 e. The van der Waals surface area contributed by atoms with Crippen molar-refractivity contribution in [2.75, 3.05) is 0 Å². The number of nitriles is 1. The molecule has 0 aliphatic rings. The molecule has 2 rings (SSSR count). The molecule has 0 aromatic heterocycles. The van der Waals surface area contributed by atoms with Crippen LogP contribution in [0.5, 0.6) is 11.5 Å². The maximum atomic E-state index is 9.52. The molecule has 3 nitrogen and oxygen atoms in total. The van der Waals surface area contributed by atoms with Gasteiger partial charge in [0.05, 0.1) is 11.6 Å². The Hall–Kier alpha value is -2.25. The molecule has 0 saturated heterocycles. The molecule has 0 radical (unpaired) electrons. The first-order valence-corrected chi connectivity index (χ1v) is 5.65. The third-order valence-electron chi connectivity index (χ3n) is 2.57. The Labute approximate surface area is 106 Å². The Bertz CT molecular complexity index is 576. The van der Waals surface area contributed by atoms with Gasteiger partial charge in [0.2, 0.25) is 0 Å². The number of hydrogen-bond acceptors (Lipinski definition) is 3. The second-order valence-corrected chi connectivity index (χ2v) is 3.95. The number of para-hydroxylation sites is 1. The van der Waals surface area contributed by atoms with E-state index in [9.17, 15) is 5.02 Å². The van der Waals surface area contributed by atoms with Gasteiger partial charge in [0.15, 0.2) is 0 Å². The summed E-state index contributed by atoms with van der Waals surface area (Å²) in [6.07, 6.45) is 0. The van der Waals surface area contributed by atoms with E-state index in [0.717, 1.165) is 0 Å². The third-order valence-corrected chi connectivity index (χ3v) is 2.57. The van der Waals surface area contributed by atoms with Crippen LogP contribution in [0, 0.1) is 11.3 Å². The minimum Gasteiger partial charge on any atom is -0.457 e. The highest BCUT2D eigenvalue weighted by Crippen LogP contribution is 2.21. The van der Waals surface area contributed by atoms with E-state index in [-0.39, 0.29) is 0 Å². The van der Waals surface area contributed by atoms with E-state index >= 15 is 0 Å². The average molecular weight is 237 g/mol. The summed E-state index contributed by atoms with van der Waals surface area (Å²) >= 11 is 0. The largest absolute Gasteiger partial charge is 0.457 e. The molecule has 0 unspecified atom stereocenters. The molecule has 18 heavy (non-hydrogen) atoms. The molecular formula is C14H12BNO2. The Balaban J connectivity index is 2.29. The number of ether oxygens (including phenoxy) is 1. The number of benzene rings is 2. The van der Waals surface area contributed by atoms with E-state index in [1.807, 2.05) is 30.3 Å². The van der Waals surface area contributed by atoms with E-state index in [1.54, 1.807) is 25.0 Å². The van der Waals surface area contributed by atoms with Gasteiger partial charge in [-0.2, -0.15) is 5.26 Å². The summed E-state index contributed by atoms with van der Waals surface area (Å²) in [6.45, 7) is 0.971. The summed E-state index contributed by atoms with van der Waals surface area (Å²) in [5.74, 6) is 1.30. The fourth-order valence-electron chi connectivity index (χ4n) is 1.68. The van der Waals surface area contributed by atoms with Crippen LogP contribution in [0.2, 0.25) is 6.82 Å². The molecule has 0 aliphatic heterocycles. The van der Waals surface area contributed by atoms with Crippen molar-refractivity contribution in [2.24, 2.45) is 0 Å². The van der Waals surface area contributed by atoms with Crippen LogP contribution in [0.4, 0.5) is 0 Å². The van der Waals surface area contributed by atoms with E-state index in [0.29, 0.717) is 22.5 Å². The summed E-state index contributed by atoms with van der Waals surface area (Å²) in [7, 11) is 0. The smallest absolute Gasteiger partial charge is 0.321 e. The Morgan fingerprint density at radius 2 is 1.83 bits per heavy atom. The third kappa shape index (κ3) is 2.71. The quantitative estimate of drug-likeness (QED) is 0.832. The average Bonchev–Trinajstić information content (AvgIpc) is 2.39. The van der Waals surface area contributed by atoms with Crippen LogP contribution < -0.4 is 10.2 Å². The summed E-state index contributed by atoms with van der Waals surface area (Å²) in [5.41, 5.74) is 1.04. The van der Waals surface area contributed by atoms with Crippen molar-refractivity contribution in [3.63, 3.8) is 0 Å². The van der Waals surface area contributed by atoms with E-state index < -0.39 is 6.92 Å². The van der Waals surface area contributed by atoms with Gasteiger partial charge in [0.1, 0.15) is 11.5 Å². The molecule has 4 heteroatoms. The van der Waals surface area contributed by atoms with Crippen molar-refractivity contribution in [1.82, 2.24) is 0 Å². The van der Waals surface area contributed by atoms with Crippen molar-refractivity contribution in [3.05, 3.63) is 54.1 Å². The molecule has 0 bridgehead atoms. The molecule has 0 saturated carbocycles. The molecule has 1 N–H and O–H groups in total. The molecule has 0 aliphatic carbocycles. The van der Waals surface area contributed by atoms with Gasteiger partial charge < -0.3 is 9.76 Å². The molecule has 2 aromatic rings. The highest BCUT2D eigenvalue weighted by molar-refractivity contribution is 6.65. The van der Waals surface area contributed by atoms with Crippen LogP contribution in [-0.2, 0) is 0 Å². The number of nitrogens with zero attached hydrogens (tertiary/aromatic N) is 1. The van der Waals surface area contributed by atoms with Crippen LogP contribution in [0.25, 0.3) is 0 Å². The SMILES string of the molecule is CB(O)c1ccc(Oc2ccccc2)cc1C#N. The maximum absolute atomic E-state index is 9.52. The van der Waals surface area contributed by atoms with Crippen LogP contribution in [0.3, 0.4) is 0 Å². The first-order valence-electron chi connectivity index (χ1n) is 5.65. The second kappa shape index (κ2) is 5.39. The minimum atomic E-state index is -0.662. The van der Waals surface area contributed by atoms with Crippen molar-refractivity contribution in [2.45, 2.75) is 6.82 Å². The predicted molar refractivity (Wildman–Crippen MR) is 71.1 cm³/mol. The van der Waals surface area contributed by atoms with Gasteiger partial charge in [0.25, 0.3) is 0 Å². The zero-order chi connectivity index (χ0) is 13.0. The lowest BCUT2D eigenvalue weighted by Crippen LogP contribution is -2.28. The van der Waals surface area contributed by atoms with Crippen LogP contribution in [-0.4, -0.2) is 11.9 Å². The molecule has 2 aromatic carbocycles. The lowest BCUT2D eigenvalue weighted by atomic mass is 9.63. The van der Waals surface area contributed by atoms with E-state index in [1.165, 1.54) is 0 Å². The zero-order valence-electron chi connectivity index (χ0n) is 10.00. The molecule has 88 valence electrons. The molecule has 0 amide bonds. The summed E-state index contributed by atoms with van der Waals surface area (Å²) in [5, 5.41) is 18.6. The first-order chi connectivity index (χ1) is 8.70. The molecule has 0 atom stereocenters. The van der Waals surface area contributed by atoms with Crippen LogP contribution in [0.1, 0.15) is 5.56 Å². The van der Waals surface area contributed by atoms with Gasteiger partial charge in [-0.25, -0.2) is 0 Å². The molecule has 0 fully saturated rings. The van der Waals surface area contributed by atoms with Gasteiger partial charge in [0, 0.05) is 0 Å². The first kappa shape index (κ1) is 12.2. The summed E-state index contributed by atoms with van der Waals surface area (Å²) in [4.78, 5) is 0. The highest BCUT2D eigenvalue weighted by Gasteiger charge is 2.13. The van der Waals surface area contributed by atoms with Crippen LogP contribution >= 0.6 is 0 Å². The number of rotatable bonds is 3. The molecule has 0 spiro atoms. The highest BCUT2D eigenvalue weighted by atomic mass is 16.5. The predicted octanol–water partition coefficient (Wildman–Crippen LogP) is 2.17. The molecular weight excluding hydrogens is 225 g/mol. The van der Waals surface area contributed by atoms with Crippen molar-refractivity contribution in [3.8, 4) is 17.6 Å². The van der Waals surface area contributed by atoms with Crippen molar-refractivity contribution >= 4 is 12.4 Å². The monoisotopic (exact) mass is 237 g/mol. The van der Waals surface area contributed by atoms with Gasteiger partial charge >= 0.3 is 6.92 Å². The standard InChI is InChI=1S/C14H12BNO2/c1-15(17)14-8-7-13(9-11(14)10-16)18-12-5-3-2-4-6-12/h2-9,17H,1H3. The van der Waals surface area contributed by atoms with E-state index in [2.05, 4.69) is 6.07 Å². The van der Waals surface area contributed by atoms with Crippen LogP contribution in [0.15, 0.2) is 48.5 Å². The second-order valence-electron chi connectivity index (χ2n) is 3.95. The van der Waals surface area contributed by atoms with Crippen molar-refractivity contribution < 1.29 is 9.76 Å². The van der Waals surface area contributed by atoms with Gasteiger partial charge in [-0.05, 0) is 29.7 Å². The lowest BCUT2D eigenvalue weighted by Gasteiger charge is -2.08. The van der Waals surface area contributed by atoms with Crippen molar-refractivity contribution in [1.29, 1.82) is 5.26 Å². The number of hydrogen-bond donors (Lipinski definition) is 1. The Morgan fingerprint density at radius 3 is 2.44 bits per heavy atom. The normalized spacial score (nSPS) is 9.61. The topological polar surface area (TPSA) is 53.2 Å². The Morgan fingerprint density at radius 1 is 1.11 bits per heavy atom. The molecule has 0 heterocycles. The van der Waals surface area contributed by atoms with Gasteiger partial charge in [-0.15, -0.1) is 0 Å². The Kier molecular flexibility index (Phi) is 3.66. The zero-order valence-corrected chi connectivity index (χ0v) is 10.00.